The van der Waals surface area contributed by atoms with Crippen molar-refractivity contribution < 1.29 is 4.74 Å². The van der Waals surface area contributed by atoms with Gasteiger partial charge >= 0.3 is 0 Å². The molecule has 0 aliphatic heterocycles. The third-order valence-corrected chi connectivity index (χ3v) is 4.45. The van der Waals surface area contributed by atoms with Crippen LogP contribution in [0.25, 0.3) is 0 Å². The van der Waals surface area contributed by atoms with Crippen LogP contribution in [0.2, 0.25) is 0 Å². The van der Waals surface area contributed by atoms with Gasteiger partial charge in [-0.25, -0.2) is 0 Å². The summed E-state index contributed by atoms with van der Waals surface area (Å²) in [4.78, 5) is 2.52. The van der Waals surface area contributed by atoms with Crippen LogP contribution in [0, 0.1) is 11.8 Å². The third kappa shape index (κ3) is 4.52. The summed E-state index contributed by atoms with van der Waals surface area (Å²) in [5.41, 5.74) is 6.34. The zero-order valence-corrected chi connectivity index (χ0v) is 12.7. The summed E-state index contributed by atoms with van der Waals surface area (Å²) in [5.74, 6) is 1.63. The lowest BCUT2D eigenvalue weighted by molar-refractivity contribution is 0.0610. The van der Waals surface area contributed by atoms with E-state index in [1.165, 1.54) is 19.3 Å². The molecule has 0 radical (unpaired) electrons. The first-order valence-electron chi connectivity index (χ1n) is 7.67. The minimum Gasteiger partial charge on any atom is -0.380 e. The van der Waals surface area contributed by atoms with Crippen molar-refractivity contribution in [3.63, 3.8) is 0 Å². The molecule has 0 heterocycles. The minimum absolute atomic E-state index is 0.349. The third-order valence-electron chi connectivity index (χ3n) is 4.45. The first-order valence-corrected chi connectivity index (χ1v) is 7.67. The van der Waals surface area contributed by atoms with Gasteiger partial charge in [0, 0.05) is 25.2 Å². The van der Waals surface area contributed by atoms with E-state index in [9.17, 15) is 0 Å². The average Bonchev–Trinajstić information content (AvgIpc) is 2.35. The lowest BCUT2D eigenvalue weighted by Gasteiger charge is -2.42. The Balaban J connectivity index is 2.52. The lowest BCUT2D eigenvalue weighted by atomic mass is 9.76. The summed E-state index contributed by atoms with van der Waals surface area (Å²) in [5, 5.41) is 0. The number of nitrogens with two attached hydrogens (primary N) is 1. The standard InChI is InChI=1S/C15H32N2O/c1-5-17(9-10-18-6-2)15-11-13(12(3)4)7-8-14(15)16/h12-15H,5-11,16H2,1-4H3. The fraction of sp³-hybridized carbons (Fsp3) is 1.00. The van der Waals surface area contributed by atoms with Crippen molar-refractivity contribution >= 4 is 0 Å². The van der Waals surface area contributed by atoms with Crippen LogP contribution < -0.4 is 5.73 Å². The number of rotatable bonds is 7. The van der Waals surface area contributed by atoms with E-state index >= 15 is 0 Å². The Hall–Kier alpha value is -0.120. The molecule has 0 spiro atoms. The molecule has 1 saturated carbocycles. The summed E-state index contributed by atoms with van der Waals surface area (Å²) >= 11 is 0. The maximum absolute atomic E-state index is 6.34. The Labute approximate surface area is 113 Å². The monoisotopic (exact) mass is 256 g/mol. The van der Waals surface area contributed by atoms with Gasteiger partial charge in [0.25, 0.3) is 0 Å². The van der Waals surface area contributed by atoms with Crippen molar-refractivity contribution in [1.82, 2.24) is 4.90 Å². The zero-order valence-electron chi connectivity index (χ0n) is 12.7. The maximum atomic E-state index is 6.34. The molecule has 3 unspecified atom stereocenters. The van der Waals surface area contributed by atoms with Crippen LogP contribution in [0.3, 0.4) is 0 Å². The molecule has 0 amide bonds. The van der Waals surface area contributed by atoms with E-state index in [1.54, 1.807) is 0 Å². The van der Waals surface area contributed by atoms with Crippen LogP contribution in [0.1, 0.15) is 47.0 Å². The summed E-state index contributed by atoms with van der Waals surface area (Å²) in [7, 11) is 0. The van der Waals surface area contributed by atoms with E-state index in [2.05, 4.69) is 32.6 Å². The average molecular weight is 256 g/mol. The Morgan fingerprint density at radius 2 is 2.00 bits per heavy atom. The fourth-order valence-electron chi connectivity index (χ4n) is 3.11. The van der Waals surface area contributed by atoms with Gasteiger partial charge in [0.15, 0.2) is 0 Å². The first-order chi connectivity index (χ1) is 8.60. The molecule has 0 bridgehead atoms. The summed E-state index contributed by atoms with van der Waals surface area (Å²) < 4.78 is 5.48. The highest BCUT2D eigenvalue weighted by Crippen LogP contribution is 2.31. The van der Waals surface area contributed by atoms with E-state index in [0.29, 0.717) is 12.1 Å². The Bertz CT molecular complexity index is 221. The first kappa shape index (κ1) is 15.9. The van der Waals surface area contributed by atoms with Gasteiger partial charge in [-0.05, 0) is 44.6 Å². The molecule has 3 heteroatoms. The fourth-order valence-corrected chi connectivity index (χ4v) is 3.11. The van der Waals surface area contributed by atoms with Crippen LogP contribution >= 0.6 is 0 Å². The molecule has 0 saturated heterocycles. The maximum Gasteiger partial charge on any atom is 0.0593 e. The predicted octanol–water partition coefficient (Wildman–Crippen LogP) is 2.50. The molecular formula is C15H32N2O. The highest BCUT2D eigenvalue weighted by Gasteiger charge is 2.32. The highest BCUT2D eigenvalue weighted by molar-refractivity contribution is 4.89. The van der Waals surface area contributed by atoms with Crippen LogP contribution in [-0.2, 0) is 4.74 Å². The van der Waals surface area contributed by atoms with Crippen molar-refractivity contribution in [2.45, 2.75) is 59.0 Å². The zero-order chi connectivity index (χ0) is 13.5. The molecule has 3 atom stereocenters. The number of ether oxygens (including phenoxy) is 1. The molecule has 0 aromatic rings. The predicted molar refractivity (Wildman–Crippen MR) is 77.7 cm³/mol. The lowest BCUT2D eigenvalue weighted by Crippen LogP contribution is -2.52. The van der Waals surface area contributed by atoms with Crippen LogP contribution in [-0.4, -0.2) is 43.3 Å². The van der Waals surface area contributed by atoms with Gasteiger partial charge < -0.3 is 10.5 Å². The van der Waals surface area contributed by atoms with Crippen molar-refractivity contribution in [2.24, 2.45) is 17.6 Å². The van der Waals surface area contributed by atoms with Gasteiger partial charge in [0.1, 0.15) is 0 Å². The molecule has 18 heavy (non-hydrogen) atoms. The SMILES string of the molecule is CCOCCN(CC)C1CC(C(C)C)CCC1N. The molecule has 108 valence electrons. The van der Waals surface area contributed by atoms with Crippen LogP contribution in [0.5, 0.6) is 0 Å². The molecule has 0 aromatic heterocycles. The number of hydrogen-bond acceptors (Lipinski definition) is 3. The van der Waals surface area contributed by atoms with Crippen LogP contribution in [0.15, 0.2) is 0 Å². The molecule has 3 nitrogen and oxygen atoms in total. The quantitative estimate of drug-likeness (QED) is 0.711. The molecule has 1 aliphatic rings. The van der Waals surface area contributed by atoms with Crippen molar-refractivity contribution in [3.8, 4) is 0 Å². The van der Waals surface area contributed by atoms with Crippen molar-refractivity contribution in [1.29, 1.82) is 0 Å². The molecule has 0 aromatic carbocycles. The normalized spacial score (nSPS) is 29.2. The summed E-state index contributed by atoms with van der Waals surface area (Å²) in [6, 6.07) is 0.901. The van der Waals surface area contributed by atoms with Crippen molar-refractivity contribution in [3.05, 3.63) is 0 Å². The van der Waals surface area contributed by atoms with Crippen LogP contribution in [0.4, 0.5) is 0 Å². The Kier molecular flexibility index (Phi) is 7.20. The van der Waals surface area contributed by atoms with Gasteiger partial charge in [-0.1, -0.05) is 20.8 Å². The molecule has 2 N–H and O–H groups in total. The summed E-state index contributed by atoms with van der Waals surface area (Å²) in [6.45, 7) is 12.7. The second-order valence-electron chi connectivity index (χ2n) is 5.87. The van der Waals surface area contributed by atoms with Gasteiger partial charge in [-0.3, -0.25) is 4.90 Å². The van der Waals surface area contributed by atoms with Gasteiger partial charge in [-0.15, -0.1) is 0 Å². The van der Waals surface area contributed by atoms with E-state index < -0.39 is 0 Å². The number of likely N-dealkylation sites (N-methyl/N-ethyl adjacent to an activating group) is 1. The molecular weight excluding hydrogens is 224 g/mol. The second kappa shape index (κ2) is 8.13. The Morgan fingerprint density at radius 1 is 1.28 bits per heavy atom. The minimum atomic E-state index is 0.349. The highest BCUT2D eigenvalue weighted by atomic mass is 16.5. The van der Waals surface area contributed by atoms with E-state index in [4.69, 9.17) is 10.5 Å². The number of hydrogen-bond donors (Lipinski definition) is 1. The second-order valence-corrected chi connectivity index (χ2v) is 5.87. The van der Waals surface area contributed by atoms with E-state index in [-0.39, 0.29) is 0 Å². The molecule has 1 rings (SSSR count). The Morgan fingerprint density at radius 3 is 2.56 bits per heavy atom. The summed E-state index contributed by atoms with van der Waals surface area (Å²) in [6.07, 6.45) is 3.75. The van der Waals surface area contributed by atoms with Crippen molar-refractivity contribution in [2.75, 3.05) is 26.3 Å². The van der Waals surface area contributed by atoms with E-state index in [1.807, 2.05) is 0 Å². The number of nitrogens with zero attached hydrogens (tertiary/aromatic N) is 1. The smallest absolute Gasteiger partial charge is 0.0593 e. The molecule has 1 fully saturated rings. The van der Waals surface area contributed by atoms with Gasteiger partial charge in [0.05, 0.1) is 6.61 Å². The van der Waals surface area contributed by atoms with Gasteiger partial charge in [-0.2, -0.15) is 0 Å². The topological polar surface area (TPSA) is 38.5 Å². The van der Waals surface area contributed by atoms with E-state index in [0.717, 1.165) is 38.1 Å². The van der Waals surface area contributed by atoms with Gasteiger partial charge in [0.2, 0.25) is 0 Å². The largest absolute Gasteiger partial charge is 0.380 e. The molecule has 1 aliphatic carbocycles.